The number of rotatable bonds is 9. The van der Waals surface area contributed by atoms with Crippen LogP contribution in [0.15, 0.2) is 30.3 Å². The van der Waals surface area contributed by atoms with E-state index in [1.165, 1.54) is 0 Å². The fraction of sp³-hybridized carbons (Fsp3) is 0.588. The minimum atomic E-state index is -0.449. The number of hydrogen-bond donors (Lipinski definition) is 1. The second-order valence-electron chi connectivity index (χ2n) is 5.36. The van der Waals surface area contributed by atoms with Gasteiger partial charge in [0.05, 0.1) is 18.6 Å². The fourth-order valence-corrected chi connectivity index (χ4v) is 2.86. The summed E-state index contributed by atoms with van der Waals surface area (Å²) in [5.74, 6) is 0.216. The van der Waals surface area contributed by atoms with Crippen LogP contribution in [-0.4, -0.2) is 38.9 Å². The summed E-state index contributed by atoms with van der Waals surface area (Å²) < 4.78 is 10.6. The number of ether oxygens (including phenoxy) is 2. The van der Waals surface area contributed by atoms with Crippen molar-refractivity contribution in [1.29, 1.82) is 0 Å². The summed E-state index contributed by atoms with van der Waals surface area (Å²) in [7, 11) is 0. The van der Waals surface area contributed by atoms with Crippen LogP contribution in [0.5, 0.6) is 0 Å². The van der Waals surface area contributed by atoms with Gasteiger partial charge in [0.25, 0.3) is 0 Å². The van der Waals surface area contributed by atoms with Gasteiger partial charge in [0.15, 0.2) is 0 Å². The monoisotopic (exact) mass is 291 g/mol. The Morgan fingerprint density at radius 1 is 1.29 bits per heavy atom. The van der Waals surface area contributed by atoms with Crippen LogP contribution < -0.4 is 5.32 Å². The molecule has 1 N–H and O–H groups in total. The molecule has 2 rings (SSSR count). The SMILES string of the molecule is CCOCCNCC1CC1(C(=O)OCC)c1ccccc1. The van der Waals surface area contributed by atoms with Gasteiger partial charge in [-0.1, -0.05) is 30.3 Å². The Balaban J connectivity index is 1.96. The smallest absolute Gasteiger partial charge is 0.316 e. The molecule has 2 unspecified atom stereocenters. The van der Waals surface area contributed by atoms with E-state index in [0.29, 0.717) is 19.1 Å². The maximum atomic E-state index is 12.4. The summed E-state index contributed by atoms with van der Waals surface area (Å²) in [6, 6.07) is 9.98. The Bertz CT molecular complexity index is 449. The molecule has 4 heteroatoms. The highest BCUT2D eigenvalue weighted by atomic mass is 16.5. The van der Waals surface area contributed by atoms with Crippen LogP contribution in [0.25, 0.3) is 0 Å². The number of benzene rings is 1. The standard InChI is InChI=1S/C17H25NO3/c1-3-20-11-10-18-13-15-12-17(15,16(19)21-4-2)14-8-6-5-7-9-14/h5-9,15,18H,3-4,10-13H2,1-2H3. The molecule has 1 aliphatic rings. The zero-order chi connectivity index (χ0) is 15.1. The van der Waals surface area contributed by atoms with Gasteiger partial charge >= 0.3 is 5.97 Å². The Kier molecular flexibility index (Phi) is 5.76. The molecule has 1 fully saturated rings. The highest BCUT2D eigenvalue weighted by Gasteiger charge is 2.61. The van der Waals surface area contributed by atoms with Crippen molar-refractivity contribution in [2.24, 2.45) is 5.92 Å². The lowest BCUT2D eigenvalue weighted by Crippen LogP contribution is -2.30. The van der Waals surface area contributed by atoms with Gasteiger partial charge in [-0.05, 0) is 38.3 Å². The summed E-state index contributed by atoms with van der Waals surface area (Å²) >= 11 is 0. The predicted octanol–water partition coefficient (Wildman–Crippen LogP) is 2.13. The number of esters is 1. The molecule has 0 radical (unpaired) electrons. The first kappa shape index (κ1) is 16.0. The molecule has 1 aromatic rings. The Morgan fingerprint density at radius 2 is 2.05 bits per heavy atom. The highest BCUT2D eigenvalue weighted by Crippen LogP contribution is 2.54. The molecule has 2 atom stereocenters. The van der Waals surface area contributed by atoms with Crippen LogP contribution in [0.1, 0.15) is 25.8 Å². The summed E-state index contributed by atoms with van der Waals surface area (Å²) in [4.78, 5) is 12.4. The topological polar surface area (TPSA) is 47.6 Å². The second kappa shape index (κ2) is 7.57. The average molecular weight is 291 g/mol. The van der Waals surface area contributed by atoms with Crippen LogP contribution in [0.4, 0.5) is 0 Å². The first-order valence-corrected chi connectivity index (χ1v) is 7.77. The number of carbonyl (C=O) groups is 1. The molecule has 0 aliphatic heterocycles. The van der Waals surface area contributed by atoms with Crippen molar-refractivity contribution in [1.82, 2.24) is 5.32 Å². The third kappa shape index (κ3) is 3.63. The van der Waals surface area contributed by atoms with Crippen molar-refractivity contribution in [3.8, 4) is 0 Å². The molecular formula is C17H25NO3. The van der Waals surface area contributed by atoms with E-state index in [9.17, 15) is 4.79 Å². The van der Waals surface area contributed by atoms with E-state index in [1.54, 1.807) is 0 Å². The molecular weight excluding hydrogens is 266 g/mol. The summed E-state index contributed by atoms with van der Waals surface area (Å²) in [6.07, 6.45) is 0.859. The maximum Gasteiger partial charge on any atom is 0.316 e. The molecule has 0 aromatic heterocycles. The molecule has 1 aliphatic carbocycles. The highest BCUT2D eigenvalue weighted by molar-refractivity contribution is 5.87. The van der Waals surface area contributed by atoms with Gasteiger partial charge < -0.3 is 14.8 Å². The molecule has 1 saturated carbocycles. The van der Waals surface area contributed by atoms with E-state index in [-0.39, 0.29) is 5.97 Å². The molecule has 0 spiro atoms. The molecule has 21 heavy (non-hydrogen) atoms. The fourth-order valence-electron chi connectivity index (χ4n) is 2.86. The van der Waals surface area contributed by atoms with Crippen molar-refractivity contribution in [3.63, 3.8) is 0 Å². The molecule has 0 bridgehead atoms. The first-order chi connectivity index (χ1) is 10.3. The van der Waals surface area contributed by atoms with Crippen LogP contribution >= 0.6 is 0 Å². The third-order valence-electron chi connectivity index (χ3n) is 4.05. The van der Waals surface area contributed by atoms with E-state index < -0.39 is 5.41 Å². The minimum absolute atomic E-state index is 0.0900. The first-order valence-electron chi connectivity index (χ1n) is 7.77. The van der Waals surface area contributed by atoms with Gasteiger partial charge in [0.1, 0.15) is 0 Å². The van der Waals surface area contributed by atoms with E-state index in [1.807, 2.05) is 44.2 Å². The Hall–Kier alpha value is -1.39. The van der Waals surface area contributed by atoms with Crippen LogP contribution in [0.2, 0.25) is 0 Å². The lowest BCUT2D eigenvalue weighted by Gasteiger charge is -2.17. The zero-order valence-corrected chi connectivity index (χ0v) is 12.9. The summed E-state index contributed by atoms with van der Waals surface area (Å²) in [5.41, 5.74) is 0.621. The number of nitrogens with one attached hydrogen (secondary N) is 1. The van der Waals surface area contributed by atoms with Crippen molar-refractivity contribution in [3.05, 3.63) is 35.9 Å². The normalized spacial score (nSPS) is 23.8. The van der Waals surface area contributed by atoms with Gasteiger partial charge in [-0.2, -0.15) is 0 Å². The van der Waals surface area contributed by atoms with Crippen molar-refractivity contribution in [2.45, 2.75) is 25.7 Å². The summed E-state index contributed by atoms with van der Waals surface area (Å²) in [6.45, 7) is 7.36. The minimum Gasteiger partial charge on any atom is -0.465 e. The van der Waals surface area contributed by atoms with E-state index >= 15 is 0 Å². The van der Waals surface area contributed by atoms with Crippen LogP contribution in [0, 0.1) is 5.92 Å². The van der Waals surface area contributed by atoms with Gasteiger partial charge in [0, 0.05) is 13.2 Å². The van der Waals surface area contributed by atoms with Crippen LogP contribution in [0.3, 0.4) is 0 Å². The van der Waals surface area contributed by atoms with E-state index in [0.717, 1.165) is 31.7 Å². The predicted molar refractivity (Wildman–Crippen MR) is 82.2 cm³/mol. The van der Waals surface area contributed by atoms with Gasteiger partial charge in [-0.3, -0.25) is 4.79 Å². The van der Waals surface area contributed by atoms with Gasteiger partial charge in [-0.15, -0.1) is 0 Å². The molecule has 0 saturated heterocycles. The quantitative estimate of drug-likeness (QED) is 0.559. The zero-order valence-electron chi connectivity index (χ0n) is 12.9. The Labute approximate surface area is 126 Å². The number of hydrogen-bond acceptors (Lipinski definition) is 4. The average Bonchev–Trinajstić information content (AvgIpc) is 3.24. The lowest BCUT2D eigenvalue weighted by atomic mass is 9.93. The Morgan fingerprint density at radius 3 is 2.71 bits per heavy atom. The number of carbonyl (C=O) groups excluding carboxylic acids is 1. The van der Waals surface area contributed by atoms with Crippen LogP contribution in [-0.2, 0) is 19.7 Å². The van der Waals surface area contributed by atoms with Gasteiger partial charge in [-0.25, -0.2) is 0 Å². The molecule has 0 amide bonds. The third-order valence-corrected chi connectivity index (χ3v) is 4.05. The molecule has 1 aromatic carbocycles. The van der Waals surface area contributed by atoms with Crippen molar-refractivity contribution in [2.75, 3.05) is 32.9 Å². The molecule has 4 nitrogen and oxygen atoms in total. The maximum absolute atomic E-state index is 12.4. The second-order valence-corrected chi connectivity index (χ2v) is 5.36. The molecule has 0 heterocycles. The van der Waals surface area contributed by atoms with E-state index in [2.05, 4.69) is 5.32 Å². The van der Waals surface area contributed by atoms with Gasteiger partial charge in [0.2, 0.25) is 0 Å². The largest absolute Gasteiger partial charge is 0.465 e. The molecule has 116 valence electrons. The van der Waals surface area contributed by atoms with E-state index in [4.69, 9.17) is 9.47 Å². The van der Waals surface area contributed by atoms with Crippen molar-refractivity contribution < 1.29 is 14.3 Å². The summed E-state index contributed by atoms with van der Waals surface area (Å²) in [5, 5.41) is 3.37. The van der Waals surface area contributed by atoms with Crippen molar-refractivity contribution >= 4 is 5.97 Å². The lowest BCUT2D eigenvalue weighted by molar-refractivity contribution is -0.146.